The monoisotopic (exact) mass is 307 g/mol. The number of nitro groups is 1. The van der Waals surface area contributed by atoms with Crippen LogP contribution in [0.4, 0.5) is 11.5 Å². The predicted octanol–water partition coefficient (Wildman–Crippen LogP) is 2.49. The number of anilines is 1. The van der Waals surface area contributed by atoms with Crippen LogP contribution in [0.5, 0.6) is 0 Å². The number of pyridine rings is 1. The summed E-state index contributed by atoms with van der Waals surface area (Å²) < 4.78 is 4.52. The van der Waals surface area contributed by atoms with Gasteiger partial charge in [0, 0.05) is 23.7 Å². The molecule has 2 aromatic rings. The quantitative estimate of drug-likeness (QED) is 0.500. The number of ether oxygens (including phenoxy) is 1. The van der Waals surface area contributed by atoms with Crippen LogP contribution in [-0.4, -0.2) is 29.5 Å². The molecule has 0 bridgehead atoms. The van der Waals surface area contributed by atoms with Crippen LogP contribution in [0.25, 0.3) is 0 Å². The summed E-state index contributed by atoms with van der Waals surface area (Å²) in [6.07, 6.45) is 2.00. The Hall–Kier alpha value is -2.48. The maximum Gasteiger partial charge on any atom is 0.339 e. The first-order valence-corrected chi connectivity index (χ1v) is 6.99. The van der Waals surface area contributed by atoms with Crippen molar-refractivity contribution in [2.24, 2.45) is 0 Å². The highest BCUT2D eigenvalue weighted by molar-refractivity contribution is 7.09. The Kier molecular flexibility index (Phi) is 4.83. The van der Waals surface area contributed by atoms with Crippen molar-refractivity contribution in [1.29, 1.82) is 0 Å². The van der Waals surface area contributed by atoms with Crippen LogP contribution >= 0.6 is 11.3 Å². The van der Waals surface area contributed by atoms with Gasteiger partial charge in [0.2, 0.25) is 5.82 Å². The second-order valence-electron chi connectivity index (χ2n) is 4.10. The largest absolute Gasteiger partial charge is 0.465 e. The van der Waals surface area contributed by atoms with Gasteiger partial charge in [0.15, 0.2) is 0 Å². The van der Waals surface area contributed by atoms with Crippen LogP contribution in [-0.2, 0) is 11.2 Å². The average molecular weight is 307 g/mol. The minimum absolute atomic E-state index is 0.0491. The fourth-order valence-electron chi connectivity index (χ4n) is 1.72. The first-order valence-electron chi connectivity index (χ1n) is 6.11. The van der Waals surface area contributed by atoms with E-state index in [2.05, 4.69) is 15.0 Å². The number of carbonyl (C=O) groups excluding carboxylic acids is 1. The Balaban J connectivity index is 2.11. The Bertz CT molecular complexity index is 643. The molecule has 0 aliphatic rings. The van der Waals surface area contributed by atoms with Crippen molar-refractivity contribution in [3.63, 3.8) is 0 Å². The van der Waals surface area contributed by atoms with Gasteiger partial charge in [-0.3, -0.25) is 10.1 Å². The summed E-state index contributed by atoms with van der Waals surface area (Å²) in [7, 11) is 1.21. The summed E-state index contributed by atoms with van der Waals surface area (Å²) >= 11 is 1.62. The van der Waals surface area contributed by atoms with E-state index in [0.29, 0.717) is 6.54 Å². The molecule has 2 heterocycles. The zero-order valence-corrected chi connectivity index (χ0v) is 12.1. The first kappa shape index (κ1) is 14.9. The van der Waals surface area contributed by atoms with Crippen LogP contribution in [0.2, 0.25) is 0 Å². The van der Waals surface area contributed by atoms with Gasteiger partial charge in [-0.25, -0.2) is 9.78 Å². The van der Waals surface area contributed by atoms with Crippen molar-refractivity contribution >= 4 is 28.8 Å². The fraction of sp³-hybridized carbons (Fsp3) is 0.231. The molecule has 0 saturated heterocycles. The summed E-state index contributed by atoms with van der Waals surface area (Å²) in [5, 5.41) is 15.9. The lowest BCUT2D eigenvalue weighted by Crippen LogP contribution is -2.10. The number of esters is 1. The van der Waals surface area contributed by atoms with Crippen molar-refractivity contribution < 1.29 is 14.5 Å². The summed E-state index contributed by atoms with van der Waals surface area (Å²) in [5.41, 5.74) is -0.197. The summed E-state index contributed by atoms with van der Waals surface area (Å²) in [5.74, 6) is -0.514. The highest BCUT2D eigenvalue weighted by Gasteiger charge is 2.19. The molecule has 0 aromatic carbocycles. The number of aromatic nitrogens is 1. The maximum atomic E-state index is 11.4. The molecule has 0 unspecified atom stereocenters. The zero-order valence-electron chi connectivity index (χ0n) is 11.2. The third-order valence-corrected chi connectivity index (χ3v) is 3.67. The van der Waals surface area contributed by atoms with Gasteiger partial charge in [-0.1, -0.05) is 6.07 Å². The number of nitrogens with one attached hydrogen (secondary N) is 1. The fourth-order valence-corrected chi connectivity index (χ4v) is 2.43. The second kappa shape index (κ2) is 6.80. The SMILES string of the molecule is COC(=O)c1cnc(NCCc2cccs2)c([N+](=O)[O-])c1. The van der Waals surface area contributed by atoms with E-state index < -0.39 is 10.9 Å². The maximum absolute atomic E-state index is 11.4. The van der Waals surface area contributed by atoms with Gasteiger partial charge < -0.3 is 10.1 Å². The molecule has 8 heteroatoms. The van der Waals surface area contributed by atoms with E-state index in [-0.39, 0.29) is 17.1 Å². The Morgan fingerprint density at radius 2 is 2.38 bits per heavy atom. The Labute approximate surface area is 124 Å². The number of rotatable bonds is 6. The molecule has 0 radical (unpaired) electrons. The lowest BCUT2D eigenvalue weighted by Gasteiger charge is -2.06. The third-order valence-electron chi connectivity index (χ3n) is 2.73. The van der Waals surface area contributed by atoms with Crippen LogP contribution in [0, 0.1) is 10.1 Å². The van der Waals surface area contributed by atoms with Gasteiger partial charge in [0.1, 0.15) is 0 Å². The number of hydrogen-bond acceptors (Lipinski definition) is 7. The molecule has 0 amide bonds. The lowest BCUT2D eigenvalue weighted by molar-refractivity contribution is -0.384. The van der Waals surface area contributed by atoms with E-state index in [4.69, 9.17) is 0 Å². The molecule has 7 nitrogen and oxygen atoms in total. The van der Waals surface area contributed by atoms with Gasteiger partial charge in [-0.15, -0.1) is 11.3 Å². The van der Waals surface area contributed by atoms with Crippen molar-refractivity contribution in [3.05, 3.63) is 50.3 Å². The molecule has 2 rings (SSSR count). The van der Waals surface area contributed by atoms with E-state index >= 15 is 0 Å². The van der Waals surface area contributed by atoms with Crippen LogP contribution < -0.4 is 5.32 Å². The van der Waals surface area contributed by atoms with E-state index in [1.54, 1.807) is 11.3 Å². The molecule has 110 valence electrons. The minimum atomic E-state index is -0.657. The first-order chi connectivity index (χ1) is 10.1. The molecule has 0 aliphatic heterocycles. The van der Waals surface area contributed by atoms with Crippen LogP contribution in [0.3, 0.4) is 0 Å². The molecule has 2 aromatic heterocycles. The summed E-state index contributed by atoms with van der Waals surface area (Å²) in [4.78, 5) is 27.0. The molecule has 0 aliphatic carbocycles. The molecule has 0 atom stereocenters. The summed E-state index contributed by atoms with van der Waals surface area (Å²) in [6, 6.07) is 5.10. The molecule has 0 saturated carbocycles. The third kappa shape index (κ3) is 3.76. The smallest absolute Gasteiger partial charge is 0.339 e. The Morgan fingerprint density at radius 1 is 1.57 bits per heavy atom. The van der Waals surface area contributed by atoms with E-state index in [9.17, 15) is 14.9 Å². The van der Waals surface area contributed by atoms with Crippen LogP contribution in [0.15, 0.2) is 29.8 Å². The van der Waals surface area contributed by atoms with E-state index in [0.717, 1.165) is 12.5 Å². The molecular formula is C13H13N3O4S. The molecule has 0 fully saturated rings. The molecular weight excluding hydrogens is 294 g/mol. The minimum Gasteiger partial charge on any atom is -0.465 e. The van der Waals surface area contributed by atoms with Gasteiger partial charge >= 0.3 is 11.7 Å². The number of hydrogen-bond donors (Lipinski definition) is 1. The normalized spacial score (nSPS) is 10.1. The Morgan fingerprint density at radius 3 is 3.00 bits per heavy atom. The van der Waals surface area contributed by atoms with Gasteiger partial charge in [-0.05, 0) is 17.9 Å². The van der Waals surface area contributed by atoms with Gasteiger partial charge in [-0.2, -0.15) is 0 Å². The van der Waals surface area contributed by atoms with Crippen molar-refractivity contribution in [3.8, 4) is 0 Å². The topological polar surface area (TPSA) is 94.4 Å². The number of thiophene rings is 1. The highest BCUT2D eigenvalue weighted by Crippen LogP contribution is 2.23. The average Bonchev–Trinajstić information content (AvgIpc) is 2.99. The number of methoxy groups -OCH3 is 1. The zero-order chi connectivity index (χ0) is 15.2. The number of carbonyl (C=O) groups is 1. The van der Waals surface area contributed by atoms with Crippen molar-refractivity contribution in [2.75, 3.05) is 19.0 Å². The van der Waals surface area contributed by atoms with Crippen molar-refractivity contribution in [2.45, 2.75) is 6.42 Å². The molecule has 0 spiro atoms. The molecule has 1 N–H and O–H groups in total. The second-order valence-corrected chi connectivity index (χ2v) is 5.13. The van der Waals surface area contributed by atoms with Gasteiger partial charge in [0.05, 0.1) is 17.6 Å². The molecule has 21 heavy (non-hydrogen) atoms. The summed E-state index contributed by atoms with van der Waals surface area (Å²) in [6.45, 7) is 0.520. The predicted molar refractivity (Wildman–Crippen MR) is 78.7 cm³/mol. The van der Waals surface area contributed by atoms with Crippen molar-refractivity contribution in [1.82, 2.24) is 4.98 Å². The standard InChI is InChI=1S/C13H13N3O4S/c1-20-13(17)9-7-11(16(18)19)12(15-8-9)14-5-4-10-3-2-6-21-10/h2-3,6-8H,4-5H2,1H3,(H,14,15). The number of nitrogens with zero attached hydrogens (tertiary/aromatic N) is 2. The van der Waals surface area contributed by atoms with Gasteiger partial charge in [0.25, 0.3) is 0 Å². The van der Waals surface area contributed by atoms with E-state index in [1.165, 1.54) is 18.2 Å². The van der Waals surface area contributed by atoms with E-state index in [1.807, 2.05) is 17.5 Å². The highest BCUT2D eigenvalue weighted by atomic mass is 32.1. The van der Waals surface area contributed by atoms with Crippen LogP contribution in [0.1, 0.15) is 15.2 Å². The lowest BCUT2D eigenvalue weighted by atomic mass is 10.2.